The van der Waals surface area contributed by atoms with Gasteiger partial charge in [0.2, 0.25) is 5.91 Å². The maximum atomic E-state index is 14.3. The Balaban J connectivity index is 1.13. The highest BCUT2D eigenvalue weighted by Gasteiger charge is 2.32. The summed E-state index contributed by atoms with van der Waals surface area (Å²) >= 11 is 1.48. The van der Waals surface area contributed by atoms with Crippen molar-refractivity contribution in [1.29, 1.82) is 0 Å². The van der Waals surface area contributed by atoms with E-state index < -0.39 is 0 Å². The van der Waals surface area contributed by atoms with Crippen molar-refractivity contribution in [2.45, 2.75) is 30.4 Å². The average Bonchev–Trinajstić information content (AvgIpc) is 3.20. The van der Waals surface area contributed by atoms with Crippen LogP contribution >= 0.6 is 11.8 Å². The number of carbonyl (C=O) groups excluding carboxylic acids is 2. The molecule has 2 N–H and O–H groups in total. The first-order chi connectivity index (χ1) is 16.1. The molecule has 33 heavy (non-hydrogen) atoms. The molecule has 9 heteroatoms. The van der Waals surface area contributed by atoms with Crippen LogP contribution in [0.4, 0.5) is 20.6 Å². The molecule has 5 rings (SSSR count). The lowest BCUT2D eigenvalue weighted by molar-refractivity contribution is -0.113. The number of benzene rings is 2. The van der Waals surface area contributed by atoms with Gasteiger partial charge in [-0.15, -0.1) is 11.8 Å². The van der Waals surface area contributed by atoms with E-state index in [-0.39, 0.29) is 23.9 Å². The first-order valence-corrected chi connectivity index (χ1v) is 11.8. The third-order valence-corrected chi connectivity index (χ3v) is 6.88. The number of amides is 2. The van der Waals surface area contributed by atoms with Crippen molar-refractivity contribution in [1.82, 2.24) is 10.3 Å². The van der Waals surface area contributed by atoms with E-state index in [0.29, 0.717) is 43.1 Å². The number of aromatic nitrogens is 1. The van der Waals surface area contributed by atoms with Crippen LogP contribution in [0.2, 0.25) is 0 Å². The number of fused-ring (bicyclic) bond motifs is 2. The third-order valence-electron chi connectivity index (χ3n) is 5.80. The van der Waals surface area contributed by atoms with Crippen LogP contribution in [0.5, 0.6) is 0 Å². The van der Waals surface area contributed by atoms with Crippen molar-refractivity contribution < 1.29 is 18.7 Å². The summed E-state index contributed by atoms with van der Waals surface area (Å²) in [5.41, 5.74) is 2.82. The van der Waals surface area contributed by atoms with Crippen LogP contribution in [0.15, 0.2) is 53.6 Å². The predicted octanol–water partition coefficient (Wildman–Crippen LogP) is 4.31. The number of ether oxygens (including phenoxy) is 1. The summed E-state index contributed by atoms with van der Waals surface area (Å²) in [5.74, 6) is 0.111. The first-order valence-electron chi connectivity index (χ1n) is 10.9. The largest absolute Gasteiger partial charge is 0.444 e. The fraction of sp³-hybridized carbons (Fsp3) is 0.292. The number of hydrogen-bond donors (Lipinski definition) is 2. The summed E-state index contributed by atoms with van der Waals surface area (Å²) in [6, 6.07) is 12.4. The number of nitrogens with one attached hydrogen (secondary N) is 2. The molecule has 0 radical (unpaired) electrons. The second-order valence-corrected chi connectivity index (χ2v) is 9.07. The molecule has 2 aromatic carbocycles. The van der Waals surface area contributed by atoms with Gasteiger partial charge < -0.3 is 15.4 Å². The fourth-order valence-corrected chi connectivity index (χ4v) is 4.94. The van der Waals surface area contributed by atoms with Crippen LogP contribution in [0.25, 0.3) is 10.9 Å². The molecule has 3 aromatic rings. The molecule has 2 aliphatic rings. The minimum atomic E-state index is -0.381. The summed E-state index contributed by atoms with van der Waals surface area (Å²) < 4.78 is 19.8. The molecule has 0 aliphatic carbocycles. The summed E-state index contributed by atoms with van der Waals surface area (Å²) in [7, 11) is 0. The Labute approximate surface area is 194 Å². The van der Waals surface area contributed by atoms with E-state index in [1.54, 1.807) is 23.2 Å². The van der Waals surface area contributed by atoms with Gasteiger partial charge in [0.25, 0.3) is 0 Å². The number of halogens is 1. The average molecular weight is 467 g/mol. The number of cyclic esters (lactones) is 1. The Kier molecular flexibility index (Phi) is 6.15. The van der Waals surface area contributed by atoms with Crippen molar-refractivity contribution in [2.24, 2.45) is 0 Å². The minimum absolute atomic E-state index is 0.0429. The highest BCUT2D eigenvalue weighted by atomic mass is 32.2. The molecule has 1 atom stereocenters. The molecule has 170 valence electrons. The van der Waals surface area contributed by atoms with E-state index in [0.717, 1.165) is 27.9 Å². The van der Waals surface area contributed by atoms with E-state index in [1.807, 2.05) is 24.3 Å². The van der Waals surface area contributed by atoms with Gasteiger partial charge in [0.1, 0.15) is 11.9 Å². The van der Waals surface area contributed by atoms with Gasteiger partial charge in [-0.05, 0) is 55.8 Å². The fourth-order valence-electron chi connectivity index (χ4n) is 4.16. The number of rotatable bonds is 7. The van der Waals surface area contributed by atoms with E-state index in [4.69, 9.17) is 4.74 Å². The number of thioether (sulfide) groups is 1. The van der Waals surface area contributed by atoms with Crippen LogP contribution in [0, 0.1) is 5.82 Å². The second kappa shape index (κ2) is 9.36. The number of hydrogen-bond acceptors (Lipinski definition) is 6. The number of carbonyl (C=O) groups is 2. The van der Waals surface area contributed by atoms with Crippen molar-refractivity contribution in [2.75, 3.05) is 29.1 Å². The van der Waals surface area contributed by atoms with Crippen molar-refractivity contribution in [3.05, 3.63) is 60.0 Å². The molecule has 0 bridgehead atoms. The van der Waals surface area contributed by atoms with E-state index in [9.17, 15) is 14.0 Å². The zero-order valence-corrected chi connectivity index (χ0v) is 18.7. The monoisotopic (exact) mass is 466 g/mol. The SMILES string of the molecule is O=C1CSc2ccc(N3C[C@H](CCCNCc4c(F)ccc5ncccc45)OC3=O)cc2N1. The van der Waals surface area contributed by atoms with E-state index >= 15 is 0 Å². The summed E-state index contributed by atoms with van der Waals surface area (Å²) in [5, 5.41) is 6.95. The van der Waals surface area contributed by atoms with E-state index in [2.05, 4.69) is 15.6 Å². The van der Waals surface area contributed by atoms with Crippen LogP contribution in [0.1, 0.15) is 18.4 Å². The Morgan fingerprint density at radius 3 is 3.06 bits per heavy atom. The second-order valence-electron chi connectivity index (χ2n) is 8.05. The van der Waals surface area contributed by atoms with Gasteiger partial charge in [-0.2, -0.15) is 0 Å². The molecule has 2 aliphatic heterocycles. The Morgan fingerprint density at radius 2 is 2.15 bits per heavy atom. The summed E-state index contributed by atoms with van der Waals surface area (Å²) in [6.07, 6.45) is 2.59. The maximum absolute atomic E-state index is 14.3. The van der Waals surface area contributed by atoms with Crippen LogP contribution < -0.4 is 15.5 Å². The molecule has 1 aromatic heterocycles. The molecule has 1 fully saturated rings. The Morgan fingerprint density at radius 1 is 1.24 bits per heavy atom. The van der Waals surface area contributed by atoms with E-state index in [1.165, 1.54) is 17.8 Å². The molecule has 3 heterocycles. The lowest BCUT2D eigenvalue weighted by atomic mass is 10.1. The zero-order valence-electron chi connectivity index (χ0n) is 17.8. The lowest BCUT2D eigenvalue weighted by Gasteiger charge is -2.20. The molecule has 1 saturated heterocycles. The van der Waals surface area contributed by atoms with Gasteiger partial charge in [0, 0.05) is 34.3 Å². The predicted molar refractivity (Wildman–Crippen MR) is 126 cm³/mol. The number of anilines is 2. The molecular weight excluding hydrogens is 443 g/mol. The molecular formula is C24H23FN4O3S. The van der Waals surface area contributed by atoms with Crippen molar-refractivity contribution >= 4 is 46.0 Å². The summed E-state index contributed by atoms with van der Waals surface area (Å²) in [6.45, 7) is 1.54. The molecule has 0 saturated carbocycles. The molecule has 0 spiro atoms. The Hall–Kier alpha value is -3.17. The zero-order chi connectivity index (χ0) is 22.8. The summed E-state index contributed by atoms with van der Waals surface area (Å²) in [4.78, 5) is 30.9. The number of pyridine rings is 1. The highest BCUT2D eigenvalue weighted by Crippen LogP contribution is 2.35. The topological polar surface area (TPSA) is 83.6 Å². The highest BCUT2D eigenvalue weighted by molar-refractivity contribution is 8.00. The van der Waals surface area contributed by atoms with Crippen molar-refractivity contribution in [3.63, 3.8) is 0 Å². The van der Waals surface area contributed by atoms with Gasteiger partial charge in [-0.25, -0.2) is 9.18 Å². The van der Waals surface area contributed by atoms with Gasteiger partial charge in [-0.3, -0.25) is 14.7 Å². The van der Waals surface area contributed by atoms with Crippen molar-refractivity contribution in [3.8, 4) is 0 Å². The minimum Gasteiger partial charge on any atom is -0.444 e. The molecule has 7 nitrogen and oxygen atoms in total. The quantitative estimate of drug-likeness (QED) is 0.505. The first kappa shape index (κ1) is 21.7. The van der Waals surface area contributed by atoms with Crippen LogP contribution in [-0.2, 0) is 16.1 Å². The van der Waals surface area contributed by atoms with Gasteiger partial charge in [0.05, 0.1) is 23.5 Å². The Bertz CT molecular complexity index is 1220. The molecule has 2 amide bonds. The number of nitrogens with zero attached hydrogens (tertiary/aromatic N) is 2. The molecule has 0 unspecified atom stereocenters. The standard InChI is InChI=1S/C24H23FN4O3S/c25-19-6-7-20-17(4-2-10-27-20)18(19)12-26-9-1-3-16-13-29(24(31)32-16)15-5-8-22-21(11-15)28-23(30)14-33-22/h2,4-8,10-11,16,26H,1,3,9,12-14H2,(H,28,30)/t16-/m0/s1. The van der Waals surface area contributed by atoms with Gasteiger partial charge in [-0.1, -0.05) is 6.07 Å². The van der Waals surface area contributed by atoms with Gasteiger partial charge >= 0.3 is 6.09 Å². The lowest BCUT2D eigenvalue weighted by Crippen LogP contribution is -2.25. The van der Waals surface area contributed by atoms with Crippen LogP contribution in [-0.4, -0.2) is 41.9 Å². The normalized spacial score (nSPS) is 17.7. The van der Waals surface area contributed by atoms with Gasteiger partial charge in [0.15, 0.2) is 0 Å². The van der Waals surface area contributed by atoms with Crippen LogP contribution in [0.3, 0.4) is 0 Å². The maximum Gasteiger partial charge on any atom is 0.414 e. The smallest absolute Gasteiger partial charge is 0.414 e. The third kappa shape index (κ3) is 4.65.